The van der Waals surface area contributed by atoms with Gasteiger partial charge in [0.15, 0.2) is 0 Å². The lowest BCUT2D eigenvalue weighted by Gasteiger charge is -2.30. The first kappa shape index (κ1) is 19.6. The fraction of sp³-hybridized carbons (Fsp3) is 0.474. The van der Waals surface area contributed by atoms with Crippen molar-refractivity contribution in [3.63, 3.8) is 0 Å². The van der Waals surface area contributed by atoms with E-state index in [1.165, 1.54) is 9.87 Å². The molecule has 2 aromatic rings. The number of rotatable bonds is 6. The van der Waals surface area contributed by atoms with Gasteiger partial charge >= 0.3 is 0 Å². The number of hydrogen-bond donors (Lipinski definition) is 1. The number of aryl methyl sites for hydroxylation is 1. The Morgan fingerprint density at radius 2 is 2.00 bits per heavy atom. The molecule has 1 aromatic heterocycles. The monoisotopic (exact) mass is 390 g/mol. The molecular formula is C19H26N4O3S. The zero-order valence-electron chi connectivity index (χ0n) is 15.8. The molecule has 0 spiro atoms. The van der Waals surface area contributed by atoms with Crippen molar-refractivity contribution in [2.75, 3.05) is 24.2 Å². The van der Waals surface area contributed by atoms with E-state index in [0.29, 0.717) is 38.3 Å². The van der Waals surface area contributed by atoms with Gasteiger partial charge in [-0.1, -0.05) is 29.8 Å². The molecule has 2 heterocycles. The van der Waals surface area contributed by atoms with Crippen LogP contribution in [-0.4, -0.2) is 47.3 Å². The summed E-state index contributed by atoms with van der Waals surface area (Å²) in [5.41, 5.74) is 2.30. The van der Waals surface area contributed by atoms with Crippen LogP contribution in [0.15, 0.2) is 36.5 Å². The second-order valence-corrected chi connectivity index (χ2v) is 9.18. The molecule has 0 atom stereocenters. The fourth-order valence-electron chi connectivity index (χ4n) is 3.36. The largest absolute Gasteiger partial charge is 0.311 e. The van der Waals surface area contributed by atoms with Crippen LogP contribution in [0.2, 0.25) is 0 Å². The van der Waals surface area contributed by atoms with Crippen molar-refractivity contribution in [3.05, 3.63) is 47.7 Å². The van der Waals surface area contributed by atoms with Crippen molar-refractivity contribution in [3.8, 4) is 0 Å². The lowest BCUT2D eigenvalue weighted by Crippen LogP contribution is -2.42. The van der Waals surface area contributed by atoms with Gasteiger partial charge in [0.1, 0.15) is 5.82 Å². The SMILES string of the molecule is CCS(=O)(=O)N1CCC(C(=O)Nc2ccnn2Cc2cccc(C)c2)CC1. The highest BCUT2D eigenvalue weighted by Gasteiger charge is 2.30. The molecule has 1 fully saturated rings. The number of benzene rings is 1. The van der Waals surface area contributed by atoms with Crippen molar-refractivity contribution < 1.29 is 13.2 Å². The van der Waals surface area contributed by atoms with Gasteiger partial charge < -0.3 is 5.32 Å². The van der Waals surface area contributed by atoms with E-state index in [0.717, 1.165) is 5.56 Å². The molecule has 0 saturated carbocycles. The smallest absolute Gasteiger partial charge is 0.228 e. The number of sulfonamides is 1. The second kappa shape index (κ2) is 8.22. The first-order valence-corrected chi connectivity index (χ1v) is 10.9. The minimum atomic E-state index is -3.18. The number of hydrogen-bond acceptors (Lipinski definition) is 4. The summed E-state index contributed by atoms with van der Waals surface area (Å²) in [6, 6.07) is 9.96. The number of carbonyl (C=O) groups is 1. The van der Waals surface area contributed by atoms with Crippen LogP contribution in [0.4, 0.5) is 5.82 Å². The molecule has 1 saturated heterocycles. The number of nitrogens with one attached hydrogen (secondary N) is 1. The van der Waals surface area contributed by atoms with Gasteiger partial charge in [-0.25, -0.2) is 17.4 Å². The number of anilines is 1. The minimum absolute atomic E-state index is 0.0745. The number of amides is 1. The van der Waals surface area contributed by atoms with Crippen LogP contribution in [-0.2, 0) is 21.4 Å². The molecule has 0 bridgehead atoms. The van der Waals surface area contributed by atoms with Crippen LogP contribution in [0.25, 0.3) is 0 Å². The molecular weight excluding hydrogens is 364 g/mol. The Labute approximate surface area is 160 Å². The highest BCUT2D eigenvalue weighted by molar-refractivity contribution is 7.89. The van der Waals surface area contributed by atoms with Crippen molar-refractivity contribution in [1.29, 1.82) is 0 Å². The summed E-state index contributed by atoms with van der Waals surface area (Å²) in [6.45, 7) is 5.06. The van der Waals surface area contributed by atoms with E-state index in [1.807, 2.05) is 25.1 Å². The summed E-state index contributed by atoms with van der Waals surface area (Å²) in [5, 5.41) is 7.27. The molecule has 0 aliphatic carbocycles. The Bertz CT molecular complexity index is 899. The van der Waals surface area contributed by atoms with E-state index in [4.69, 9.17) is 0 Å². The van der Waals surface area contributed by atoms with Gasteiger partial charge in [-0.3, -0.25) is 4.79 Å². The highest BCUT2D eigenvalue weighted by atomic mass is 32.2. The number of carbonyl (C=O) groups excluding carboxylic acids is 1. The van der Waals surface area contributed by atoms with Crippen LogP contribution >= 0.6 is 0 Å². The standard InChI is InChI=1S/C19H26N4O3S/c1-3-27(25,26)22-11-8-17(9-12-22)19(24)21-18-7-10-20-23(18)14-16-6-4-5-15(2)13-16/h4-7,10,13,17H,3,8-9,11-12,14H2,1-2H3,(H,21,24). The lowest BCUT2D eigenvalue weighted by molar-refractivity contribution is -0.121. The Morgan fingerprint density at radius 3 is 2.67 bits per heavy atom. The Balaban J connectivity index is 1.60. The Hall–Kier alpha value is -2.19. The van der Waals surface area contributed by atoms with E-state index >= 15 is 0 Å². The summed E-state index contributed by atoms with van der Waals surface area (Å²) in [6.07, 6.45) is 2.75. The summed E-state index contributed by atoms with van der Waals surface area (Å²) in [4.78, 5) is 12.6. The third-order valence-corrected chi connectivity index (χ3v) is 6.85. The maximum absolute atomic E-state index is 12.6. The zero-order chi connectivity index (χ0) is 19.4. The summed E-state index contributed by atoms with van der Waals surface area (Å²) in [5.74, 6) is 0.498. The molecule has 7 nitrogen and oxygen atoms in total. The average Bonchev–Trinajstić information content (AvgIpc) is 3.08. The Morgan fingerprint density at radius 1 is 1.26 bits per heavy atom. The molecule has 0 radical (unpaired) electrons. The molecule has 1 N–H and O–H groups in total. The first-order chi connectivity index (χ1) is 12.9. The molecule has 1 amide bonds. The molecule has 3 rings (SSSR count). The van der Waals surface area contributed by atoms with E-state index in [-0.39, 0.29) is 17.6 Å². The van der Waals surface area contributed by atoms with Crippen molar-refractivity contribution in [2.24, 2.45) is 5.92 Å². The highest BCUT2D eigenvalue weighted by Crippen LogP contribution is 2.22. The second-order valence-electron chi connectivity index (χ2n) is 6.93. The van der Waals surface area contributed by atoms with Crippen LogP contribution in [0, 0.1) is 12.8 Å². The summed E-state index contributed by atoms with van der Waals surface area (Å²) in [7, 11) is -3.18. The maximum atomic E-state index is 12.6. The van der Waals surface area contributed by atoms with E-state index in [9.17, 15) is 13.2 Å². The predicted molar refractivity (Wildman–Crippen MR) is 105 cm³/mol. The zero-order valence-corrected chi connectivity index (χ0v) is 16.6. The van der Waals surface area contributed by atoms with E-state index < -0.39 is 10.0 Å². The van der Waals surface area contributed by atoms with Crippen molar-refractivity contribution in [2.45, 2.75) is 33.2 Å². The summed E-state index contributed by atoms with van der Waals surface area (Å²) >= 11 is 0. The molecule has 8 heteroatoms. The fourth-order valence-corrected chi connectivity index (χ4v) is 4.49. The third kappa shape index (κ3) is 4.75. The quantitative estimate of drug-likeness (QED) is 0.820. The normalized spacial score (nSPS) is 16.4. The van der Waals surface area contributed by atoms with Crippen LogP contribution in [0.5, 0.6) is 0 Å². The predicted octanol–water partition coefficient (Wildman–Crippen LogP) is 2.24. The molecule has 1 aromatic carbocycles. The van der Waals surface area contributed by atoms with Gasteiger partial charge in [-0.15, -0.1) is 0 Å². The molecule has 1 aliphatic rings. The first-order valence-electron chi connectivity index (χ1n) is 9.25. The van der Waals surface area contributed by atoms with Crippen LogP contribution < -0.4 is 5.32 Å². The molecule has 27 heavy (non-hydrogen) atoms. The van der Waals surface area contributed by atoms with E-state index in [1.54, 1.807) is 23.9 Å². The minimum Gasteiger partial charge on any atom is -0.311 e. The molecule has 0 unspecified atom stereocenters. The molecule has 1 aliphatic heterocycles. The van der Waals surface area contributed by atoms with Crippen LogP contribution in [0.3, 0.4) is 0 Å². The lowest BCUT2D eigenvalue weighted by atomic mass is 9.97. The number of piperidine rings is 1. The van der Waals surface area contributed by atoms with Crippen molar-refractivity contribution >= 4 is 21.7 Å². The van der Waals surface area contributed by atoms with Gasteiger partial charge in [0.25, 0.3) is 0 Å². The van der Waals surface area contributed by atoms with Gasteiger partial charge in [0.2, 0.25) is 15.9 Å². The number of nitrogens with zero attached hydrogens (tertiary/aromatic N) is 3. The summed E-state index contributed by atoms with van der Waals surface area (Å²) < 4.78 is 27.1. The average molecular weight is 391 g/mol. The molecule has 146 valence electrons. The number of aromatic nitrogens is 2. The topological polar surface area (TPSA) is 84.3 Å². The van der Waals surface area contributed by atoms with Crippen LogP contribution in [0.1, 0.15) is 30.9 Å². The van der Waals surface area contributed by atoms with Gasteiger partial charge in [-0.2, -0.15) is 5.10 Å². The Kier molecular flexibility index (Phi) is 5.96. The van der Waals surface area contributed by atoms with Gasteiger partial charge in [0, 0.05) is 25.1 Å². The van der Waals surface area contributed by atoms with Gasteiger partial charge in [-0.05, 0) is 32.3 Å². The van der Waals surface area contributed by atoms with Gasteiger partial charge in [0.05, 0.1) is 18.5 Å². The van der Waals surface area contributed by atoms with Crippen molar-refractivity contribution in [1.82, 2.24) is 14.1 Å². The van der Waals surface area contributed by atoms with E-state index in [2.05, 4.69) is 16.5 Å². The third-order valence-electron chi connectivity index (χ3n) is 4.97. The maximum Gasteiger partial charge on any atom is 0.228 e.